The van der Waals surface area contributed by atoms with Crippen LogP contribution in [0.3, 0.4) is 0 Å². The fourth-order valence-corrected chi connectivity index (χ4v) is 2.47. The number of hydrogen-bond donors (Lipinski definition) is 0. The summed E-state index contributed by atoms with van der Waals surface area (Å²) < 4.78 is 28.7. The summed E-state index contributed by atoms with van der Waals surface area (Å²) in [5.41, 5.74) is 1.11. The molecule has 1 aliphatic carbocycles. The van der Waals surface area contributed by atoms with E-state index in [1.165, 1.54) is 0 Å². The van der Waals surface area contributed by atoms with Gasteiger partial charge < -0.3 is 0 Å². The number of halogens is 3. The van der Waals surface area contributed by atoms with Crippen LogP contribution in [0.5, 0.6) is 0 Å². The van der Waals surface area contributed by atoms with Gasteiger partial charge in [0.15, 0.2) is 0 Å². The number of hydrogen-bond acceptors (Lipinski definition) is 1. The summed E-state index contributed by atoms with van der Waals surface area (Å²) >= 11 is 2.16. The van der Waals surface area contributed by atoms with Gasteiger partial charge in [-0.05, 0) is 41.9 Å². The number of rotatable bonds is 2. The molecular formula is C10H13F2IN2. The second-order valence-electron chi connectivity index (χ2n) is 4.29. The highest BCUT2D eigenvalue weighted by Crippen LogP contribution is 2.39. The van der Waals surface area contributed by atoms with Crippen molar-refractivity contribution < 1.29 is 8.78 Å². The van der Waals surface area contributed by atoms with Crippen LogP contribution in [0.1, 0.15) is 24.8 Å². The van der Waals surface area contributed by atoms with Crippen molar-refractivity contribution in [3.8, 4) is 0 Å². The summed E-state index contributed by atoms with van der Waals surface area (Å²) in [4.78, 5) is 0. The van der Waals surface area contributed by atoms with Gasteiger partial charge in [0.1, 0.15) is 3.70 Å². The van der Waals surface area contributed by atoms with E-state index >= 15 is 0 Å². The van der Waals surface area contributed by atoms with Crippen molar-refractivity contribution in [3.63, 3.8) is 0 Å². The van der Waals surface area contributed by atoms with Gasteiger partial charge in [-0.25, -0.2) is 8.78 Å². The molecule has 15 heavy (non-hydrogen) atoms. The van der Waals surface area contributed by atoms with Gasteiger partial charge in [0.25, 0.3) is 0 Å². The first-order valence-corrected chi connectivity index (χ1v) is 6.11. The first-order valence-electron chi connectivity index (χ1n) is 5.04. The molecule has 84 valence electrons. The topological polar surface area (TPSA) is 17.8 Å². The zero-order valence-corrected chi connectivity index (χ0v) is 10.7. The minimum atomic E-state index is -2.44. The largest absolute Gasteiger partial charge is 0.271 e. The molecule has 0 aliphatic heterocycles. The Morgan fingerprint density at radius 1 is 1.67 bits per heavy atom. The molecule has 5 heteroatoms. The van der Waals surface area contributed by atoms with Gasteiger partial charge in [-0.3, -0.25) is 4.68 Å². The quantitative estimate of drug-likeness (QED) is 0.763. The van der Waals surface area contributed by atoms with E-state index in [-0.39, 0.29) is 18.8 Å². The first kappa shape index (κ1) is 11.3. The number of aromatic nitrogens is 2. The highest BCUT2D eigenvalue weighted by molar-refractivity contribution is 14.1. The van der Waals surface area contributed by atoms with Crippen LogP contribution in [0.4, 0.5) is 8.78 Å². The van der Waals surface area contributed by atoms with Crippen LogP contribution in [0, 0.1) is 16.5 Å². The third kappa shape index (κ3) is 2.68. The molecule has 1 aromatic heterocycles. The zero-order valence-electron chi connectivity index (χ0n) is 8.51. The molecule has 0 amide bonds. The minimum Gasteiger partial charge on any atom is -0.271 e. The lowest BCUT2D eigenvalue weighted by Gasteiger charge is -2.10. The Labute approximate surface area is 101 Å². The molecule has 0 radical (unpaired) electrons. The van der Waals surface area contributed by atoms with E-state index in [2.05, 4.69) is 27.7 Å². The Bertz CT molecular complexity index is 343. The van der Waals surface area contributed by atoms with Gasteiger partial charge in [0.2, 0.25) is 5.92 Å². The fraction of sp³-hybridized carbons (Fsp3) is 0.700. The van der Waals surface area contributed by atoms with Gasteiger partial charge >= 0.3 is 0 Å². The zero-order chi connectivity index (χ0) is 11.1. The average Bonchev–Trinajstić information content (AvgIpc) is 2.58. The highest BCUT2D eigenvalue weighted by atomic mass is 127. The molecule has 0 spiro atoms. The van der Waals surface area contributed by atoms with Crippen LogP contribution in [0.25, 0.3) is 0 Å². The van der Waals surface area contributed by atoms with E-state index in [0.717, 1.165) is 9.26 Å². The summed E-state index contributed by atoms with van der Waals surface area (Å²) in [5.74, 6) is -2.37. The van der Waals surface area contributed by atoms with Crippen molar-refractivity contribution in [3.05, 3.63) is 15.5 Å². The Balaban J connectivity index is 1.98. The summed E-state index contributed by atoms with van der Waals surface area (Å²) in [6.45, 7) is 2.61. The molecule has 1 unspecified atom stereocenters. The maximum Gasteiger partial charge on any atom is 0.248 e. The lowest BCUT2D eigenvalue weighted by atomic mass is 10.1. The molecule has 2 rings (SSSR count). The van der Waals surface area contributed by atoms with Gasteiger partial charge in [-0.1, -0.05) is 0 Å². The van der Waals surface area contributed by atoms with Gasteiger partial charge in [-0.2, -0.15) is 5.10 Å². The van der Waals surface area contributed by atoms with E-state index in [9.17, 15) is 8.78 Å². The van der Waals surface area contributed by atoms with Crippen molar-refractivity contribution in [1.29, 1.82) is 0 Å². The molecule has 1 aromatic rings. The van der Waals surface area contributed by atoms with Crippen molar-refractivity contribution in [2.45, 2.75) is 38.7 Å². The number of nitrogens with zero attached hydrogens (tertiary/aromatic N) is 2. The van der Waals surface area contributed by atoms with Crippen molar-refractivity contribution in [2.75, 3.05) is 0 Å². The summed E-state index contributed by atoms with van der Waals surface area (Å²) in [6.07, 6.45) is 2.60. The molecule has 0 aromatic carbocycles. The third-order valence-corrected chi connectivity index (χ3v) is 3.90. The van der Waals surface area contributed by atoms with Gasteiger partial charge in [0.05, 0.1) is 0 Å². The Kier molecular flexibility index (Phi) is 3.00. The standard InChI is InChI=1S/C10H13F2IN2/c1-7-5-15(14-9(7)13)6-8-2-3-10(11,12)4-8/h5,8H,2-4,6H2,1H3. The molecular weight excluding hydrogens is 313 g/mol. The van der Waals surface area contributed by atoms with Crippen molar-refractivity contribution in [2.24, 2.45) is 5.92 Å². The molecule has 0 bridgehead atoms. The third-order valence-electron chi connectivity index (χ3n) is 2.84. The minimum absolute atomic E-state index is 0.0164. The van der Waals surface area contributed by atoms with Crippen molar-refractivity contribution >= 4 is 22.6 Å². The van der Waals surface area contributed by atoms with E-state index in [1.807, 2.05) is 13.1 Å². The molecule has 1 atom stereocenters. The van der Waals surface area contributed by atoms with E-state index in [0.29, 0.717) is 13.0 Å². The summed E-state index contributed by atoms with van der Waals surface area (Å²) in [7, 11) is 0. The molecule has 1 saturated carbocycles. The van der Waals surface area contributed by atoms with E-state index < -0.39 is 5.92 Å². The first-order chi connectivity index (χ1) is 6.96. The van der Waals surface area contributed by atoms with Crippen molar-refractivity contribution in [1.82, 2.24) is 9.78 Å². The Morgan fingerprint density at radius 3 is 2.87 bits per heavy atom. The van der Waals surface area contributed by atoms with Crippen LogP contribution >= 0.6 is 22.6 Å². The molecule has 1 aliphatic rings. The van der Waals surface area contributed by atoms with Crippen LogP contribution in [0.2, 0.25) is 0 Å². The second-order valence-corrected chi connectivity index (χ2v) is 5.31. The number of aryl methyl sites for hydroxylation is 1. The maximum absolute atomic E-state index is 13.0. The van der Waals surface area contributed by atoms with Crippen LogP contribution in [-0.4, -0.2) is 15.7 Å². The molecule has 1 heterocycles. The second kappa shape index (κ2) is 3.99. The lowest BCUT2D eigenvalue weighted by molar-refractivity contribution is 0.00422. The molecule has 1 fully saturated rings. The van der Waals surface area contributed by atoms with E-state index in [4.69, 9.17) is 0 Å². The lowest BCUT2D eigenvalue weighted by Crippen LogP contribution is -2.13. The van der Waals surface area contributed by atoms with Crippen LogP contribution in [0.15, 0.2) is 6.20 Å². The highest BCUT2D eigenvalue weighted by Gasteiger charge is 2.39. The molecule has 2 nitrogen and oxygen atoms in total. The van der Waals surface area contributed by atoms with Gasteiger partial charge in [-0.15, -0.1) is 0 Å². The smallest absolute Gasteiger partial charge is 0.248 e. The maximum atomic E-state index is 13.0. The monoisotopic (exact) mass is 326 g/mol. The Hall–Kier alpha value is -0.200. The summed E-state index contributed by atoms with van der Waals surface area (Å²) in [6, 6.07) is 0. The normalized spacial score (nSPS) is 24.7. The van der Waals surface area contributed by atoms with Crippen LogP contribution < -0.4 is 0 Å². The SMILES string of the molecule is Cc1cn(CC2CCC(F)(F)C2)nc1I. The number of alkyl halides is 2. The molecule has 0 N–H and O–H groups in total. The van der Waals surface area contributed by atoms with Crippen LogP contribution in [-0.2, 0) is 6.54 Å². The fourth-order valence-electron chi connectivity index (χ4n) is 2.05. The van der Waals surface area contributed by atoms with E-state index in [1.54, 1.807) is 4.68 Å². The van der Waals surface area contributed by atoms with Gasteiger partial charge in [0, 0.05) is 31.1 Å². The Morgan fingerprint density at radius 2 is 2.40 bits per heavy atom. The predicted octanol–water partition coefficient (Wildman–Crippen LogP) is 3.23. The molecule has 0 saturated heterocycles. The predicted molar refractivity (Wildman–Crippen MR) is 62.0 cm³/mol. The average molecular weight is 326 g/mol. The summed E-state index contributed by atoms with van der Waals surface area (Å²) in [5, 5.41) is 4.28.